The highest BCUT2D eigenvalue weighted by atomic mass is 35.5. The Kier molecular flexibility index (Phi) is 13.2. The summed E-state index contributed by atoms with van der Waals surface area (Å²) in [5.74, 6) is 0.344. The van der Waals surface area contributed by atoms with E-state index in [-0.39, 0.29) is 50.6 Å². The first-order valence-corrected chi connectivity index (χ1v) is 15.2. The van der Waals surface area contributed by atoms with Crippen LogP contribution in [0.15, 0.2) is 30.3 Å². The van der Waals surface area contributed by atoms with Gasteiger partial charge in [0.2, 0.25) is 5.91 Å². The Bertz CT molecular complexity index is 1020. The Morgan fingerprint density at radius 2 is 1.71 bits per heavy atom. The molecule has 10 heteroatoms. The number of esters is 1. The molecule has 38 heavy (non-hydrogen) atoms. The smallest absolute Gasteiger partial charge is 0.348 e. The lowest BCUT2D eigenvalue weighted by atomic mass is 9.86. The lowest BCUT2D eigenvalue weighted by Gasteiger charge is -2.22. The standard InChI is InChI=1S/C28H36Cl3NO5S/c29-21-16-19(17-22(30)18-21)4-5-20-6-8-25(31)24(20)3-1-2-23-7-9-26(38-23)28(36)37-15-10-27(35)32(11-13-33)12-14-34/h7,9,16-18,20,24-25,33-34H,1-6,8,10-15H2/t20-,24?,25+/m0/s1. The molecule has 1 heterocycles. The van der Waals surface area contributed by atoms with Gasteiger partial charge in [-0.1, -0.05) is 23.2 Å². The van der Waals surface area contributed by atoms with Gasteiger partial charge in [-0.3, -0.25) is 4.79 Å². The second-order valence-electron chi connectivity index (χ2n) is 9.71. The van der Waals surface area contributed by atoms with E-state index in [1.54, 1.807) is 12.1 Å². The van der Waals surface area contributed by atoms with Crippen molar-refractivity contribution >= 4 is 58.0 Å². The first kappa shape index (κ1) is 31.2. The van der Waals surface area contributed by atoms with Crippen LogP contribution in [0.3, 0.4) is 0 Å². The third kappa shape index (κ3) is 9.68. The number of aliphatic hydroxyl groups excluding tert-OH is 2. The second-order valence-corrected chi connectivity index (χ2v) is 12.3. The first-order chi connectivity index (χ1) is 18.3. The number of alkyl halides is 1. The van der Waals surface area contributed by atoms with Gasteiger partial charge in [0.15, 0.2) is 0 Å². The molecular formula is C28H36Cl3NO5S. The summed E-state index contributed by atoms with van der Waals surface area (Å²) < 4.78 is 5.28. The number of nitrogens with zero attached hydrogens (tertiary/aromatic N) is 1. The lowest BCUT2D eigenvalue weighted by Crippen LogP contribution is -2.36. The van der Waals surface area contributed by atoms with E-state index in [4.69, 9.17) is 49.8 Å². The Hall–Kier alpha value is -1.35. The topological polar surface area (TPSA) is 87.1 Å². The third-order valence-corrected chi connectivity index (χ3v) is 9.18. The van der Waals surface area contributed by atoms with Gasteiger partial charge in [-0.2, -0.15) is 0 Å². The van der Waals surface area contributed by atoms with Gasteiger partial charge in [-0.25, -0.2) is 4.79 Å². The molecule has 210 valence electrons. The Morgan fingerprint density at radius 1 is 1.00 bits per heavy atom. The van der Waals surface area contributed by atoms with E-state index >= 15 is 0 Å². The summed E-state index contributed by atoms with van der Waals surface area (Å²) in [6, 6.07) is 9.45. The van der Waals surface area contributed by atoms with Crippen LogP contribution >= 0.6 is 46.1 Å². The van der Waals surface area contributed by atoms with E-state index in [2.05, 4.69) is 0 Å². The zero-order chi connectivity index (χ0) is 27.5. The number of carbonyl (C=O) groups excluding carboxylic acids is 2. The number of benzene rings is 1. The molecule has 1 aliphatic rings. The van der Waals surface area contributed by atoms with E-state index in [0.29, 0.717) is 26.8 Å². The third-order valence-electron chi connectivity index (χ3n) is 7.07. The maximum absolute atomic E-state index is 12.4. The highest BCUT2D eigenvalue weighted by molar-refractivity contribution is 7.13. The number of aliphatic hydroxyl groups is 2. The van der Waals surface area contributed by atoms with Crippen molar-refractivity contribution in [2.45, 2.75) is 56.7 Å². The zero-order valence-electron chi connectivity index (χ0n) is 21.4. The van der Waals surface area contributed by atoms with E-state index in [9.17, 15) is 9.59 Å². The van der Waals surface area contributed by atoms with Crippen molar-refractivity contribution in [1.82, 2.24) is 4.90 Å². The van der Waals surface area contributed by atoms with Gasteiger partial charge >= 0.3 is 5.97 Å². The highest BCUT2D eigenvalue weighted by Crippen LogP contribution is 2.41. The molecule has 0 saturated heterocycles. The molecule has 1 fully saturated rings. The number of carbonyl (C=O) groups is 2. The van der Waals surface area contributed by atoms with Crippen LogP contribution in [0.25, 0.3) is 0 Å². The van der Waals surface area contributed by atoms with Crippen molar-refractivity contribution in [3.63, 3.8) is 0 Å². The number of aryl methyl sites for hydroxylation is 2. The predicted octanol–water partition coefficient (Wildman–Crippen LogP) is 6.00. The molecule has 1 amide bonds. The number of hydrogen-bond acceptors (Lipinski definition) is 6. The van der Waals surface area contributed by atoms with Crippen molar-refractivity contribution in [3.8, 4) is 0 Å². The van der Waals surface area contributed by atoms with Gasteiger partial charge in [0.05, 0.1) is 19.6 Å². The summed E-state index contributed by atoms with van der Waals surface area (Å²) in [6.07, 6.45) is 7.13. The molecule has 3 atom stereocenters. The molecule has 3 rings (SSSR count). The molecule has 1 aromatic carbocycles. The van der Waals surface area contributed by atoms with E-state index in [1.165, 1.54) is 16.2 Å². The largest absolute Gasteiger partial charge is 0.461 e. The number of amides is 1. The lowest BCUT2D eigenvalue weighted by molar-refractivity contribution is -0.132. The van der Waals surface area contributed by atoms with E-state index in [1.807, 2.05) is 18.2 Å². The average molecular weight is 605 g/mol. The van der Waals surface area contributed by atoms with Crippen molar-refractivity contribution < 1.29 is 24.5 Å². The minimum Gasteiger partial charge on any atom is -0.461 e. The molecule has 2 aromatic rings. The van der Waals surface area contributed by atoms with Crippen molar-refractivity contribution in [2.75, 3.05) is 32.9 Å². The average Bonchev–Trinajstić information content (AvgIpc) is 3.49. The Balaban J connectivity index is 1.41. The molecule has 0 bridgehead atoms. The summed E-state index contributed by atoms with van der Waals surface area (Å²) in [5.41, 5.74) is 1.16. The summed E-state index contributed by atoms with van der Waals surface area (Å²) in [5, 5.41) is 19.6. The van der Waals surface area contributed by atoms with Crippen LogP contribution in [-0.4, -0.2) is 65.3 Å². The molecule has 1 unspecified atom stereocenters. The summed E-state index contributed by atoms with van der Waals surface area (Å²) in [4.78, 5) is 27.6. The second kappa shape index (κ2) is 16.0. The SMILES string of the molecule is O=C(OCCC(=O)N(CCO)CCO)c1ccc(CCCC2[C@@H](CCc3cc(Cl)cc(Cl)c3)CC[C@H]2Cl)s1. The monoisotopic (exact) mass is 603 g/mol. The van der Waals surface area contributed by atoms with Crippen LogP contribution in [0.4, 0.5) is 0 Å². The Morgan fingerprint density at radius 3 is 2.39 bits per heavy atom. The predicted molar refractivity (Wildman–Crippen MR) is 154 cm³/mol. The van der Waals surface area contributed by atoms with Crippen LogP contribution in [0, 0.1) is 11.8 Å². The van der Waals surface area contributed by atoms with Crippen molar-refractivity contribution in [1.29, 1.82) is 0 Å². The fraction of sp³-hybridized carbons (Fsp3) is 0.571. The fourth-order valence-electron chi connectivity index (χ4n) is 5.18. The normalized spacial score (nSPS) is 19.0. The molecule has 1 aromatic heterocycles. The molecule has 0 aliphatic heterocycles. The Labute approximate surface area is 243 Å². The van der Waals surface area contributed by atoms with Crippen molar-refractivity contribution in [3.05, 3.63) is 55.7 Å². The molecule has 0 spiro atoms. The number of hydrogen-bond donors (Lipinski definition) is 2. The quantitative estimate of drug-likeness (QED) is 0.192. The van der Waals surface area contributed by atoms with Crippen LogP contribution in [0.2, 0.25) is 10.0 Å². The van der Waals surface area contributed by atoms with E-state index in [0.717, 1.165) is 55.4 Å². The summed E-state index contributed by atoms with van der Waals surface area (Å²) in [7, 11) is 0. The maximum Gasteiger partial charge on any atom is 0.348 e. The molecule has 0 radical (unpaired) electrons. The van der Waals surface area contributed by atoms with Gasteiger partial charge in [0.1, 0.15) is 11.5 Å². The van der Waals surface area contributed by atoms with Gasteiger partial charge in [-0.15, -0.1) is 22.9 Å². The molecule has 1 saturated carbocycles. The number of thiophene rings is 1. The van der Waals surface area contributed by atoms with Crippen LogP contribution in [0.5, 0.6) is 0 Å². The maximum atomic E-state index is 12.4. The molecule has 6 nitrogen and oxygen atoms in total. The van der Waals surface area contributed by atoms with Gasteiger partial charge in [0.25, 0.3) is 0 Å². The minimum atomic E-state index is -0.442. The molecule has 2 N–H and O–H groups in total. The van der Waals surface area contributed by atoms with Crippen LogP contribution in [0.1, 0.15) is 58.6 Å². The van der Waals surface area contributed by atoms with Crippen LogP contribution < -0.4 is 0 Å². The van der Waals surface area contributed by atoms with Crippen LogP contribution in [-0.2, 0) is 22.4 Å². The van der Waals surface area contributed by atoms with Crippen molar-refractivity contribution in [2.24, 2.45) is 11.8 Å². The van der Waals surface area contributed by atoms with Gasteiger partial charge in [0, 0.05) is 33.4 Å². The van der Waals surface area contributed by atoms with Gasteiger partial charge in [-0.05, 0) is 92.7 Å². The minimum absolute atomic E-state index is 0.0104. The summed E-state index contributed by atoms with van der Waals surface area (Å²) >= 11 is 20.4. The zero-order valence-corrected chi connectivity index (χ0v) is 24.5. The summed E-state index contributed by atoms with van der Waals surface area (Å²) in [6.45, 7) is -0.127. The first-order valence-electron chi connectivity index (χ1n) is 13.1. The number of rotatable bonds is 15. The number of halogens is 3. The van der Waals surface area contributed by atoms with Gasteiger partial charge < -0.3 is 19.8 Å². The van der Waals surface area contributed by atoms with E-state index < -0.39 is 5.97 Å². The molecular weight excluding hydrogens is 569 g/mol. The fourth-order valence-corrected chi connectivity index (χ4v) is 7.15. The highest BCUT2D eigenvalue weighted by Gasteiger charge is 2.34. The number of ether oxygens (including phenoxy) is 1. The molecule has 1 aliphatic carbocycles.